The number of aromatic nitrogens is 4. The van der Waals surface area contributed by atoms with Crippen LogP contribution in [0.2, 0.25) is 0 Å². The number of carbonyl (C=O) groups is 2. The zero-order valence-electron chi connectivity index (χ0n) is 30.9. The minimum Gasteiger partial charge on any atom is -0.333 e. The number of fused-ring (bicyclic) bond motifs is 2. The zero-order chi connectivity index (χ0) is 36.6. The Morgan fingerprint density at radius 1 is 0.788 bits per heavy atom. The van der Waals surface area contributed by atoms with Crippen molar-refractivity contribution in [3.05, 3.63) is 119 Å². The average molecular weight is 697 g/mol. The summed E-state index contributed by atoms with van der Waals surface area (Å²) in [4.78, 5) is 38.3. The molecule has 2 atom stereocenters. The normalized spacial score (nSPS) is 18.3. The maximum absolute atomic E-state index is 13.9. The van der Waals surface area contributed by atoms with Crippen LogP contribution in [-0.2, 0) is 11.8 Å². The van der Waals surface area contributed by atoms with Crippen molar-refractivity contribution in [2.45, 2.75) is 91.1 Å². The molecular formula is C42H48N8O2. The van der Waals surface area contributed by atoms with Crippen molar-refractivity contribution in [2.75, 3.05) is 16.0 Å². The van der Waals surface area contributed by atoms with E-state index in [0.29, 0.717) is 23.2 Å². The van der Waals surface area contributed by atoms with Crippen LogP contribution < -0.4 is 16.0 Å². The first-order chi connectivity index (χ1) is 24.9. The van der Waals surface area contributed by atoms with Gasteiger partial charge in [-0.15, -0.1) is 0 Å². The minimum absolute atomic E-state index is 0.0893. The summed E-state index contributed by atoms with van der Waals surface area (Å²) in [5, 5.41) is 14.2. The number of benzene rings is 3. The van der Waals surface area contributed by atoms with Gasteiger partial charge in [0.15, 0.2) is 0 Å². The van der Waals surface area contributed by atoms with Crippen LogP contribution in [0.15, 0.2) is 84.9 Å². The Hall–Kier alpha value is -5.51. The van der Waals surface area contributed by atoms with Gasteiger partial charge in [0.05, 0.1) is 11.4 Å². The SMILES string of the molecule is Cc1ccc(-n2nc(C(C)(C)C)cc2NC(=O)Nc2cccc(CC3CC4CCC(C3)N4C(=O)c3cccc(Nc4nc(C)cc(C)n4)c3)c2)cc1. The van der Waals surface area contributed by atoms with Crippen molar-refractivity contribution >= 4 is 35.1 Å². The van der Waals surface area contributed by atoms with Gasteiger partial charge in [-0.1, -0.05) is 56.7 Å². The number of aryl methyl sites for hydroxylation is 3. The fourth-order valence-electron chi connectivity index (χ4n) is 7.69. The molecule has 5 aromatic rings. The van der Waals surface area contributed by atoms with Gasteiger partial charge in [-0.3, -0.25) is 10.1 Å². The van der Waals surface area contributed by atoms with Gasteiger partial charge < -0.3 is 15.5 Å². The van der Waals surface area contributed by atoms with Gasteiger partial charge >= 0.3 is 6.03 Å². The Labute approximate surface area is 306 Å². The summed E-state index contributed by atoms with van der Waals surface area (Å²) >= 11 is 0. The van der Waals surface area contributed by atoms with E-state index in [1.807, 2.05) is 93.6 Å². The number of nitrogens with zero attached hydrogens (tertiary/aromatic N) is 5. The first kappa shape index (κ1) is 34.9. The molecule has 3 aromatic carbocycles. The number of piperidine rings is 1. The number of anilines is 4. The molecule has 10 nitrogen and oxygen atoms in total. The Kier molecular flexibility index (Phi) is 9.57. The summed E-state index contributed by atoms with van der Waals surface area (Å²) in [5.74, 6) is 1.69. The third kappa shape index (κ3) is 7.86. The molecule has 268 valence electrons. The van der Waals surface area contributed by atoms with Gasteiger partial charge in [0.1, 0.15) is 5.82 Å². The van der Waals surface area contributed by atoms with Crippen LogP contribution in [0.3, 0.4) is 0 Å². The van der Waals surface area contributed by atoms with E-state index in [1.54, 1.807) is 4.68 Å². The van der Waals surface area contributed by atoms with E-state index in [2.05, 4.69) is 63.7 Å². The molecule has 0 aliphatic carbocycles. The van der Waals surface area contributed by atoms with Crippen molar-refractivity contribution in [3.63, 3.8) is 0 Å². The maximum Gasteiger partial charge on any atom is 0.324 e. The summed E-state index contributed by atoms with van der Waals surface area (Å²) in [6, 6.07) is 27.9. The third-order valence-electron chi connectivity index (χ3n) is 10.1. The van der Waals surface area contributed by atoms with Crippen LogP contribution in [0.1, 0.15) is 85.0 Å². The highest BCUT2D eigenvalue weighted by Gasteiger charge is 2.43. The van der Waals surface area contributed by atoms with Crippen LogP contribution in [-0.4, -0.2) is 48.7 Å². The molecule has 2 saturated heterocycles. The lowest BCUT2D eigenvalue weighted by Gasteiger charge is -2.39. The monoisotopic (exact) mass is 696 g/mol. The number of urea groups is 1. The molecule has 4 heterocycles. The van der Waals surface area contributed by atoms with Crippen molar-refractivity contribution in [1.29, 1.82) is 0 Å². The topological polar surface area (TPSA) is 117 Å². The number of nitrogens with one attached hydrogen (secondary N) is 3. The van der Waals surface area contributed by atoms with E-state index >= 15 is 0 Å². The molecule has 3 amide bonds. The van der Waals surface area contributed by atoms with Crippen LogP contribution >= 0.6 is 0 Å². The highest BCUT2D eigenvalue weighted by Crippen LogP contribution is 2.41. The summed E-state index contributed by atoms with van der Waals surface area (Å²) < 4.78 is 1.79. The van der Waals surface area contributed by atoms with E-state index in [1.165, 1.54) is 5.56 Å². The number of hydrogen-bond donors (Lipinski definition) is 3. The van der Waals surface area contributed by atoms with Gasteiger partial charge in [-0.05, 0) is 113 Å². The summed E-state index contributed by atoms with van der Waals surface area (Å²) in [5.41, 5.74) is 7.92. The minimum atomic E-state index is -0.323. The Bertz CT molecular complexity index is 2060. The van der Waals surface area contributed by atoms with E-state index in [-0.39, 0.29) is 29.4 Å². The maximum atomic E-state index is 13.9. The van der Waals surface area contributed by atoms with Gasteiger partial charge in [0.25, 0.3) is 5.91 Å². The first-order valence-corrected chi connectivity index (χ1v) is 18.2. The lowest BCUT2D eigenvalue weighted by molar-refractivity contribution is 0.0524. The highest BCUT2D eigenvalue weighted by molar-refractivity contribution is 5.99. The average Bonchev–Trinajstić information content (AvgIpc) is 3.62. The lowest BCUT2D eigenvalue weighted by Crippen LogP contribution is -2.46. The molecule has 3 N–H and O–H groups in total. The van der Waals surface area contributed by atoms with Gasteiger partial charge in [0, 0.05) is 51.9 Å². The van der Waals surface area contributed by atoms with E-state index in [9.17, 15) is 9.59 Å². The summed E-state index contributed by atoms with van der Waals surface area (Å²) in [6.45, 7) is 12.3. The van der Waals surface area contributed by atoms with Crippen molar-refractivity contribution in [3.8, 4) is 5.69 Å². The summed E-state index contributed by atoms with van der Waals surface area (Å²) in [7, 11) is 0. The summed E-state index contributed by atoms with van der Waals surface area (Å²) in [6.07, 6.45) is 4.89. The van der Waals surface area contributed by atoms with E-state index < -0.39 is 0 Å². The molecule has 2 fully saturated rings. The smallest absolute Gasteiger partial charge is 0.324 e. The van der Waals surface area contributed by atoms with Crippen LogP contribution in [0.25, 0.3) is 5.69 Å². The molecular weight excluding hydrogens is 649 g/mol. The molecule has 0 spiro atoms. The largest absolute Gasteiger partial charge is 0.333 e. The number of rotatable bonds is 8. The van der Waals surface area contributed by atoms with Crippen LogP contribution in [0.5, 0.6) is 0 Å². The van der Waals surface area contributed by atoms with Crippen molar-refractivity contribution in [1.82, 2.24) is 24.6 Å². The lowest BCUT2D eigenvalue weighted by atomic mass is 9.85. The van der Waals surface area contributed by atoms with Crippen molar-refractivity contribution < 1.29 is 9.59 Å². The van der Waals surface area contributed by atoms with E-state index in [4.69, 9.17) is 5.10 Å². The molecule has 0 saturated carbocycles. The Morgan fingerprint density at radius 3 is 2.15 bits per heavy atom. The van der Waals surface area contributed by atoms with Crippen LogP contribution in [0, 0.1) is 26.7 Å². The fourth-order valence-corrected chi connectivity index (χ4v) is 7.69. The predicted molar refractivity (Wildman–Crippen MR) is 207 cm³/mol. The molecule has 2 unspecified atom stereocenters. The Morgan fingerprint density at radius 2 is 1.46 bits per heavy atom. The predicted octanol–water partition coefficient (Wildman–Crippen LogP) is 8.90. The third-order valence-corrected chi connectivity index (χ3v) is 10.1. The van der Waals surface area contributed by atoms with Crippen molar-refractivity contribution in [2.24, 2.45) is 5.92 Å². The molecule has 2 aromatic heterocycles. The van der Waals surface area contributed by atoms with Gasteiger partial charge in [0.2, 0.25) is 5.95 Å². The number of amides is 3. The highest BCUT2D eigenvalue weighted by atomic mass is 16.2. The molecule has 2 bridgehead atoms. The number of carbonyl (C=O) groups excluding carboxylic acids is 2. The fraction of sp³-hybridized carbons (Fsp3) is 0.357. The molecule has 52 heavy (non-hydrogen) atoms. The molecule has 7 rings (SSSR count). The van der Waals surface area contributed by atoms with Crippen LogP contribution in [0.4, 0.5) is 27.9 Å². The zero-order valence-corrected chi connectivity index (χ0v) is 30.9. The molecule has 2 aliphatic heterocycles. The van der Waals surface area contributed by atoms with E-state index in [0.717, 1.165) is 71.8 Å². The molecule has 2 aliphatic rings. The first-order valence-electron chi connectivity index (χ1n) is 18.2. The molecule has 0 radical (unpaired) electrons. The second kappa shape index (κ2) is 14.3. The molecule has 10 heteroatoms. The second-order valence-electron chi connectivity index (χ2n) is 15.5. The second-order valence-corrected chi connectivity index (χ2v) is 15.5. The standard InChI is InChI=1S/C42H48N8O2/c1-26-13-15-34(16-14-26)50-38(25-37(48-50)42(4,5)6)47-41(52)46-32-11-7-9-29(21-32)20-30-22-35-17-18-36(23-30)49(35)39(51)31-10-8-12-33(24-31)45-40-43-27(2)19-28(3)44-40/h7-16,19,21,24-25,30,35-36H,17-18,20,22-23H2,1-6H3,(H,43,44,45)(H2,46,47,52). The van der Waals surface area contributed by atoms with Gasteiger partial charge in [-0.2, -0.15) is 5.10 Å². The quantitative estimate of drug-likeness (QED) is 0.149. The Balaban J connectivity index is 0.983. The van der Waals surface area contributed by atoms with Gasteiger partial charge in [-0.25, -0.2) is 19.4 Å². The number of hydrogen-bond acceptors (Lipinski definition) is 6.